The zero-order chi connectivity index (χ0) is 15.1. The fraction of sp³-hybridized carbons (Fsp3) is 0.588. The van der Waals surface area contributed by atoms with Gasteiger partial charge in [0.15, 0.2) is 5.96 Å². The first-order chi connectivity index (χ1) is 10.2. The molecule has 0 atom stereocenters. The minimum atomic E-state index is -0.116. The van der Waals surface area contributed by atoms with Crippen molar-refractivity contribution < 1.29 is 5.11 Å². The number of nitrogens with zero attached hydrogens (tertiary/aromatic N) is 1. The van der Waals surface area contributed by atoms with E-state index in [2.05, 4.69) is 53.7 Å². The number of hydrogen-bond acceptors (Lipinski definition) is 2. The molecule has 22 heavy (non-hydrogen) atoms. The van der Waals surface area contributed by atoms with Crippen LogP contribution in [-0.2, 0) is 6.54 Å². The first kappa shape index (κ1) is 19.2. The highest BCUT2D eigenvalue weighted by Gasteiger charge is 2.19. The van der Waals surface area contributed by atoms with Crippen molar-refractivity contribution in [3.8, 4) is 0 Å². The largest absolute Gasteiger partial charge is 0.393 e. The molecule has 0 radical (unpaired) electrons. The van der Waals surface area contributed by atoms with E-state index in [4.69, 9.17) is 0 Å². The molecule has 2 rings (SSSR count). The molecule has 1 aromatic rings. The lowest BCUT2D eigenvalue weighted by atomic mass is 9.93. The van der Waals surface area contributed by atoms with Crippen LogP contribution < -0.4 is 10.6 Å². The number of guanidine groups is 1. The topological polar surface area (TPSA) is 56.7 Å². The Kier molecular flexibility index (Phi) is 8.78. The Morgan fingerprint density at radius 2 is 1.91 bits per heavy atom. The predicted molar refractivity (Wildman–Crippen MR) is 103 cm³/mol. The Morgan fingerprint density at radius 3 is 2.55 bits per heavy atom. The second-order valence-corrected chi connectivity index (χ2v) is 5.77. The molecule has 3 N–H and O–H groups in total. The quantitative estimate of drug-likeness (QED) is 0.401. The van der Waals surface area contributed by atoms with Crippen LogP contribution in [0.5, 0.6) is 0 Å². The Bertz CT molecular complexity index is 471. The average Bonchev–Trinajstić information content (AvgIpc) is 2.49. The standard InChI is InChI=1S/C17H27N3O.HI/c1-3-18-17(20-15-8-10-16(21)11-9-15)19-12-14-7-5-4-6-13(14)2;/h4-7,15-16,21H,3,8-12H2,1-2H3,(H2,18,19,20);1H. The van der Waals surface area contributed by atoms with Crippen molar-refractivity contribution in [1.82, 2.24) is 10.6 Å². The zero-order valence-electron chi connectivity index (χ0n) is 13.5. The first-order valence-electron chi connectivity index (χ1n) is 7.96. The van der Waals surface area contributed by atoms with Crippen LogP contribution in [0.25, 0.3) is 0 Å². The molecule has 1 aliphatic carbocycles. The average molecular weight is 417 g/mol. The van der Waals surface area contributed by atoms with Crippen LogP contribution in [0.1, 0.15) is 43.7 Å². The van der Waals surface area contributed by atoms with Gasteiger partial charge in [0.1, 0.15) is 0 Å². The molecule has 5 heteroatoms. The second-order valence-electron chi connectivity index (χ2n) is 5.77. The van der Waals surface area contributed by atoms with E-state index in [9.17, 15) is 5.11 Å². The Hall–Kier alpha value is -0.820. The van der Waals surface area contributed by atoms with Gasteiger partial charge in [0, 0.05) is 12.6 Å². The van der Waals surface area contributed by atoms with E-state index in [1.807, 2.05) is 0 Å². The molecule has 0 bridgehead atoms. The second kappa shape index (κ2) is 10.0. The van der Waals surface area contributed by atoms with Crippen LogP contribution in [-0.4, -0.2) is 29.8 Å². The monoisotopic (exact) mass is 417 g/mol. The van der Waals surface area contributed by atoms with E-state index in [0.29, 0.717) is 12.6 Å². The van der Waals surface area contributed by atoms with Gasteiger partial charge in [-0.1, -0.05) is 24.3 Å². The van der Waals surface area contributed by atoms with Gasteiger partial charge >= 0.3 is 0 Å². The van der Waals surface area contributed by atoms with Crippen molar-refractivity contribution in [1.29, 1.82) is 0 Å². The van der Waals surface area contributed by atoms with E-state index in [0.717, 1.165) is 38.2 Å². The lowest BCUT2D eigenvalue weighted by Crippen LogP contribution is -2.45. The summed E-state index contributed by atoms with van der Waals surface area (Å²) in [5.41, 5.74) is 2.53. The predicted octanol–water partition coefficient (Wildman–Crippen LogP) is 2.97. The van der Waals surface area contributed by atoms with Crippen LogP contribution in [0.15, 0.2) is 29.3 Å². The summed E-state index contributed by atoms with van der Waals surface area (Å²) >= 11 is 0. The number of hydrogen-bond donors (Lipinski definition) is 3. The molecule has 0 saturated heterocycles. The molecule has 124 valence electrons. The summed E-state index contributed by atoms with van der Waals surface area (Å²) in [5.74, 6) is 0.877. The molecule has 0 spiro atoms. The molecule has 1 aromatic carbocycles. The van der Waals surface area contributed by atoms with Crippen LogP contribution in [0.2, 0.25) is 0 Å². The zero-order valence-corrected chi connectivity index (χ0v) is 15.8. The molecule has 1 aliphatic rings. The molecule has 1 fully saturated rings. The Labute approximate surface area is 150 Å². The highest BCUT2D eigenvalue weighted by atomic mass is 127. The van der Waals surface area contributed by atoms with Gasteiger partial charge in [-0.3, -0.25) is 0 Å². The third kappa shape index (κ3) is 6.12. The molecule has 0 heterocycles. The summed E-state index contributed by atoms with van der Waals surface area (Å²) in [6.07, 6.45) is 3.67. The number of nitrogens with one attached hydrogen (secondary N) is 2. The van der Waals surface area contributed by atoms with Gasteiger partial charge in [-0.15, -0.1) is 24.0 Å². The number of aryl methyl sites for hydroxylation is 1. The number of aliphatic hydroxyl groups is 1. The van der Waals surface area contributed by atoms with Gasteiger partial charge in [-0.25, -0.2) is 4.99 Å². The van der Waals surface area contributed by atoms with Gasteiger partial charge in [-0.05, 0) is 50.7 Å². The molecule has 0 amide bonds. The van der Waals surface area contributed by atoms with E-state index >= 15 is 0 Å². The highest BCUT2D eigenvalue weighted by molar-refractivity contribution is 14.0. The van der Waals surface area contributed by atoms with Crippen molar-refractivity contribution in [3.05, 3.63) is 35.4 Å². The maximum atomic E-state index is 9.57. The van der Waals surface area contributed by atoms with Crippen LogP contribution >= 0.6 is 24.0 Å². The van der Waals surface area contributed by atoms with E-state index in [1.165, 1.54) is 11.1 Å². The van der Waals surface area contributed by atoms with Gasteiger partial charge in [0.2, 0.25) is 0 Å². The van der Waals surface area contributed by atoms with Gasteiger partial charge in [0.25, 0.3) is 0 Å². The van der Waals surface area contributed by atoms with Gasteiger partial charge in [0.05, 0.1) is 12.6 Å². The van der Waals surface area contributed by atoms with E-state index < -0.39 is 0 Å². The molecule has 0 aliphatic heterocycles. The van der Waals surface area contributed by atoms with Crippen LogP contribution in [0.4, 0.5) is 0 Å². The maximum Gasteiger partial charge on any atom is 0.191 e. The summed E-state index contributed by atoms with van der Waals surface area (Å²) < 4.78 is 0. The third-order valence-electron chi connectivity index (χ3n) is 4.05. The molecule has 4 nitrogen and oxygen atoms in total. The molecular formula is C17H28IN3O. The SMILES string of the molecule is CCNC(=NCc1ccccc1C)NC1CCC(O)CC1.I. The summed E-state index contributed by atoms with van der Waals surface area (Å²) in [6, 6.07) is 8.77. The fourth-order valence-corrected chi connectivity index (χ4v) is 2.69. The Morgan fingerprint density at radius 1 is 1.23 bits per heavy atom. The minimum Gasteiger partial charge on any atom is -0.393 e. The van der Waals surface area contributed by atoms with Crippen molar-refractivity contribution >= 4 is 29.9 Å². The summed E-state index contributed by atoms with van der Waals surface area (Å²) in [5, 5.41) is 16.4. The number of halogens is 1. The lowest BCUT2D eigenvalue weighted by Gasteiger charge is -2.27. The van der Waals surface area contributed by atoms with E-state index in [-0.39, 0.29) is 30.1 Å². The van der Waals surface area contributed by atoms with Crippen molar-refractivity contribution in [2.45, 2.75) is 58.2 Å². The summed E-state index contributed by atoms with van der Waals surface area (Å²) in [7, 11) is 0. The van der Waals surface area contributed by atoms with Crippen LogP contribution in [0, 0.1) is 6.92 Å². The van der Waals surface area contributed by atoms with Crippen molar-refractivity contribution in [3.63, 3.8) is 0 Å². The van der Waals surface area contributed by atoms with Crippen molar-refractivity contribution in [2.24, 2.45) is 4.99 Å². The molecule has 0 aromatic heterocycles. The minimum absolute atomic E-state index is 0. The fourth-order valence-electron chi connectivity index (χ4n) is 2.69. The highest BCUT2D eigenvalue weighted by Crippen LogP contribution is 2.18. The number of aliphatic imine (C=N–C) groups is 1. The molecular weight excluding hydrogens is 389 g/mol. The maximum absolute atomic E-state index is 9.57. The summed E-state index contributed by atoms with van der Waals surface area (Å²) in [4.78, 5) is 4.69. The van der Waals surface area contributed by atoms with Gasteiger partial charge < -0.3 is 15.7 Å². The number of benzene rings is 1. The smallest absolute Gasteiger partial charge is 0.191 e. The lowest BCUT2D eigenvalue weighted by molar-refractivity contribution is 0.120. The van der Waals surface area contributed by atoms with Crippen LogP contribution in [0.3, 0.4) is 0 Å². The molecule has 0 unspecified atom stereocenters. The number of aliphatic hydroxyl groups excluding tert-OH is 1. The van der Waals surface area contributed by atoms with Crippen molar-refractivity contribution in [2.75, 3.05) is 6.54 Å². The van der Waals surface area contributed by atoms with Gasteiger partial charge in [-0.2, -0.15) is 0 Å². The Balaban J connectivity index is 0.00000242. The van der Waals surface area contributed by atoms with E-state index in [1.54, 1.807) is 0 Å². The molecule has 1 saturated carbocycles. The normalized spacial score (nSPS) is 21.9. The number of rotatable bonds is 4. The third-order valence-corrected chi connectivity index (χ3v) is 4.05. The first-order valence-corrected chi connectivity index (χ1v) is 7.96. The summed E-state index contributed by atoms with van der Waals surface area (Å²) in [6.45, 7) is 5.75.